The first-order chi connectivity index (χ1) is 6.74. The summed E-state index contributed by atoms with van der Waals surface area (Å²) in [6.45, 7) is 3.21. The molecule has 0 radical (unpaired) electrons. The highest BCUT2D eigenvalue weighted by molar-refractivity contribution is 6.28. The van der Waals surface area contributed by atoms with Gasteiger partial charge in [-0.3, -0.25) is 0 Å². The number of aromatic nitrogens is 2. The van der Waals surface area contributed by atoms with Crippen LogP contribution in [0.5, 0.6) is 0 Å². The van der Waals surface area contributed by atoms with Gasteiger partial charge in [0.05, 0.1) is 0 Å². The van der Waals surface area contributed by atoms with Gasteiger partial charge in [-0.2, -0.15) is 0 Å². The Hall–Kier alpha value is -0.830. The van der Waals surface area contributed by atoms with Gasteiger partial charge in [0, 0.05) is 19.8 Å². The van der Waals surface area contributed by atoms with E-state index >= 15 is 0 Å². The fraction of sp³-hybridized carbons (Fsp3) is 0.600. The van der Waals surface area contributed by atoms with E-state index in [0.29, 0.717) is 5.28 Å². The average molecular weight is 214 g/mol. The van der Waals surface area contributed by atoms with Crippen molar-refractivity contribution in [2.75, 3.05) is 18.5 Å². The monoisotopic (exact) mass is 213 g/mol. The molecule has 0 unspecified atom stereocenters. The Balaban J connectivity index is 2.47. The van der Waals surface area contributed by atoms with E-state index in [1.54, 1.807) is 6.20 Å². The third kappa shape index (κ3) is 3.50. The van der Waals surface area contributed by atoms with E-state index in [1.807, 2.05) is 13.1 Å². The van der Waals surface area contributed by atoms with E-state index in [1.165, 1.54) is 19.3 Å². The normalized spacial score (nSPS) is 10.2. The summed E-state index contributed by atoms with van der Waals surface area (Å²) in [7, 11) is 2.02. The molecular formula is C10H16ClN3. The van der Waals surface area contributed by atoms with Crippen LogP contribution < -0.4 is 4.90 Å². The van der Waals surface area contributed by atoms with Gasteiger partial charge in [-0.05, 0) is 24.1 Å². The Morgan fingerprint density at radius 1 is 1.43 bits per heavy atom. The molecule has 0 aromatic carbocycles. The molecule has 0 fully saturated rings. The van der Waals surface area contributed by atoms with Crippen molar-refractivity contribution < 1.29 is 0 Å². The van der Waals surface area contributed by atoms with Crippen molar-refractivity contribution in [2.45, 2.75) is 26.2 Å². The van der Waals surface area contributed by atoms with Gasteiger partial charge >= 0.3 is 0 Å². The van der Waals surface area contributed by atoms with Gasteiger partial charge in [0.2, 0.25) is 5.28 Å². The van der Waals surface area contributed by atoms with Gasteiger partial charge in [-0.15, -0.1) is 0 Å². The molecule has 1 heterocycles. The van der Waals surface area contributed by atoms with Gasteiger partial charge < -0.3 is 4.90 Å². The van der Waals surface area contributed by atoms with Crippen molar-refractivity contribution in [3.8, 4) is 0 Å². The van der Waals surface area contributed by atoms with Crippen LogP contribution in [0.4, 0.5) is 5.82 Å². The molecule has 0 aliphatic carbocycles. The van der Waals surface area contributed by atoms with Gasteiger partial charge in [-0.25, -0.2) is 9.97 Å². The van der Waals surface area contributed by atoms with E-state index < -0.39 is 0 Å². The standard InChI is InChI=1S/C10H16ClN3/c1-3-4-5-8-14(2)9-6-7-12-10(11)13-9/h6-7H,3-5,8H2,1-2H3. The average Bonchev–Trinajstić information content (AvgIpc) is 2.18. The predicted molar refractivity (Wildman–Crippen MR) is 59.8 cm³/mol. The first-order valence-corrected chi connectivity index (χ1v) is 5.31. The second kappa shape index (κ2) is 5.81. The number of rotatable bonds is 5. The Morgan fingerprint density at radius 3 is 2.86 bits per heavy atom. The Morgan fingerprint density at radius 2 is 2.21 bits per heavy atom. The summed E-state index contributed by atoms with van der Waals surface area (Å²) in [4.78, 5) is 10.1. The summed E-state index contributed by atoms with van der Waals surface area (Å²) in [6, 6.07) is 1.87. The molecule has 0 spiro atoms. The summed E-state index contributed by atoms with van der Waals surface area (Å²) in [5, 5.41) is 0.310. The van der Waals surface area contributed by atoms with E-state index in [-0.39, 0.29) is 0 Å². The molecule has 1 aromatic rings. The summed E-state index contributed by atoms with van der Waals surface area (Å²) in [5.41, 5.74) is 0. The third-order valence-corrected chi connectivity index (χ3v) is 2.28. The van der Waals surface area contributed by atoms with Gasteiger partial charge in [0.1, 0.15) is 5.82 Å². The topological polar surface area (TPSA) is 29.0 Å². The van der Waals surface area contributed by atoms with Crippen LogP contribution in [-0.4, -0.2) is 23.6 Å². The number of halogens is 1. The Labute approximate surface area is 90.1 Å². The lowest BCUT2D eigenvalue weighted by Gasteiger charge is -2.17. The van der Waals surface area contributed by atoms with Crippen molar-refractivity contribution in [2.24, 2.45) is 0 Å². The van der Waals surface area contributed by atoms with Crippen LogP contribution in [0.25, 0.3) is 0 Å². The van der Waals surface area contributed by atoms with Crippen LogP contribution in [0, 0.1) is 0 Å². The van der Waals surface area contributed by atoms with Crippen molar-refractivity contribution in [3.05, 3.63) is 17.5 Å². The highest BCUT2D eigenvalue weighted by Gasteiger charge is 2.02. The predicted octanol–water partition coefficient (Wildman–Crippen LogP) is 2.76. The van der Waals surface area contributed by atoms with Gasteiger partial charge in [-0.1, -0.05) is 19.8 Å². The Bertz CT molecular complexity index is 278. The van der Waals surface area contributed by atoms with E-state index in [4.69, 9.17) is 11.6 Å². The number of unbranched alkanes of at least 4 members (excludes halogenated alkanes) is 2. The smallest absolute Gasteiger partial charge is 0.224 e. The second-order valence-electron chi connectivity index (χ2n) is 3.31. The first kappa shape index (κ1) is 11.2. The Kier molecular flexibility index (Phi) is 4.66. The van der Waals surface area contributed by atoms with Gasteiger partial charge in [0.15, 0.2) is 0 Å². The summed E-state index contributed by atoms with van der Waals surface area (Å²) in [5.74, 6) is 0.890. The minimum absolute atomic E-state index is 0.310. The molecule has 1 rings (SSSR count). The molecule has 1 aromatic heterocycles. The van der Waals surface area contributed by atoms with Crippen LogP contribution in [-0.2, 0) is 0 Å². The zero-order chi connectivity index (χ0) is 10.4. The second-order valence-corrected chi connectivity index (χ2v) is 3.65. The molecule has 0 bridgehead atoms. The van der Waals surface area contributed by atoms with Crippen LogP contribution in [0.2, 0.25) is 5.28 Å². The third-order valence-electron chi connectivity index (χ3n) is 2.10. The quantitative estimate of drug-likeness (QED) is 0.557. The zero-order valence-electron chi connectivity index (χ0n) is 8.70. The minimum Gasteiger partial charge on any atom is -0.360 e. The fourth-order valence-electron chi connectivity index (χ4n) is 1.25. The van der Waals surface area contributed by atoms with Crippen molar-refractivity contribution >= 4 is 17.4 Å². The number of anilines is 1. The van der Waals surface area contributed by atoms with Crippen LogP contribution in [0.1, 0.15) is 26.2 Å². The zero-order valence-corrected chi connectivity index (χ0v) is 9.46. The maximum atomic E-state index is 5.70. The van der Waals surface area contributed by atoms with Crippen molar-refractivity contribution in [3.63, 3.8) is 0 Å². The maximum Gasteiger partial charge on any atom is 0.224 e. The SMILES string of the molecule is CCCCCN(C)c1ccnc(Cl)n1. The molecular weight excluding hydrogens is 198 g/mol. The van der Waals surface area contributed by atoms with Crippen LogP contribution in [0.15, 0.2) is 12.3 Å². The van der Waals surface area contributed by atoms with Gasteiger partial charge in [0.25, 0.3) is 0 Å². The minimum atomic E-state index is 0.310. The molecule has 0 saturated heterocycles. The van der Waals surface area contributed by atoms with Crippen LogP contribution in [0.3, 0.4) is 0 Å². The van der Waals surface area contributed by atoms with E-state index in [2.05, 4.69) is 21.8 Å². The summed E-state index contributed by atoms with van der Waals surface area (Å²) >= 11 is 5.70. The van der Waals surface area contributed by atoms with E-state index in [0.717, 1.165) is 12.4 Å². The number of hydrogen-bond donors (Lipinski definition) is 0. The van der Waals surface area contributed by atoms with Crippen LogP contribution >= 0.6 is 11.6 Å². The largest absolute Gasteiger partial charge is 0.360 e. The molecule has 0 N–H and O–H groups in total. The molecule has 78 valence electrons. The lowest BCUT2D eigenvalue weighted by Crippen LogP contribution is -2.19. The van der Waals surface area contributed by atoms with Crippen molar-refractivity contribution in [1.82, 2.24) is 9.97 Å². The number of nitrogens with zero attached hydrogens (tertiary/aromatic N) is 3. The molecule has 0 atom stereocenters. The lowest BCUT2D eigenvalue weighted by molar-refractivity contribution is 0.701. The summed E-state index contributed by atoms with van der Waals surface area (Å²) in [6.07, 6.45) is 5.36. The first-order valence-electron chi connectivity index (χ1n) is 4.93. The highest BCUT2D eigenvalue weighted by atomic mass is 35.5. The molecule has 14 heavy (non-hydrogen) atoms. The fourth-order valence-corrected chi connectivity index (χ4v) is 1.40. The molecule has 0 saturated carbocycles. The van der Waals surface area contributed by atoms with E-state index in [9.17, 15) is 0 Å². The lowest BCUT2D eigenvalue weighted by atomic mass is 10.2. The summed E-state index contributed by atoms with van der Waals surface area (Å²) < 4.78 is 0. The molecule has 0 amide bonds. The molecule has 3 nitrogen and oxygen atoms in total. The maximum absolute atomic E-state index is 5.70. The molecule has 4 heteroatoms. The molecule has 0 aliphatic rings. The van der Waals surface area contributed by atoms with Crippen molar-refractivity contribution in [1.29, 1.82) is 0 Å². The number of hydrogen-bond acceptors (Lipinski definition) is 3. The highest BCUT2D eigenvalue weighted by Crippen LogP contribution is 2.11. The molecule has 0 aliphatic heterocycles.